The molecule has 0 bridgehead atoms. The number of carbonyl (C=O) groups is 6. The molecule has 14 heteroatoms. The molecule has 0 aliphatic carbocycles. The van der Waals surface area contributed by atoms with E-state index >= 15 is 0 Å². The lowest BCUT2D eigenvalue weighted by atomic mass is 10.2. The maximum Gasteiger partial charge on any atom is 0.342 e. The minimum absolute atomic E-state index is 0.0388. The fraction of sp³-hybridized carbons (Fsp3) is 0.375. The van der Waals surface area contributed by atoms with Crippen LogP contribution in [0, 0.1) is 0 Å². The highest BCUT2D eigenvalue weighted by Gasteiger charge is 2.15. The molecule has 0 amide bonds. The number of carbonyl (C=O) groups excluding carboxylic acids is 6. The summed E-state index contributed by atoms with van der Waals surface area (Å²) in [4.78, 5) is 61.7. The van der Waals surface area contributed by atoms with Gasteiger partial charge in [0.1, 0.15) is 66.9 Å². The lowest BCUT2D eigenvalue weighted by Crippen LogP contribution is -2.13. The van der Waals surface area contributed by atoms with Gasteiger partial charge in [-0.1, -0.05) is 32.6 Å². The van der Waals surface area contributed by atoms with E-state index in [1.807, 2.05) is 24.3 Å². The van der Waals surface area contributed by atoms with E-state index in [2.05, 4.69) is 24.5 Å². The van der Waals surface area contributed by atoms with E-state index in [9.17, 15) is 19.2 Å². The molecule has 62 heavy (non-hydrogen) atoms. The van der Waals surface area contributed by atoms with Gasteiger partial charge >= 0.3 is 11.9 Å². The molecule has 0 atom stereocenters. The van der Waals surface area contributed by atoms with Crippen molar-refractivity contribution in [1.82, 2.24) is 0 Å². The Bertz CT molecular complexity index is 1560. The van der Waals surface area contributed by atoms with Gasteiger partial charge in [-0.15, -0.1) is 0 Å². The second-order valence-electron chi connectivity index (χ2n) is 12.2. The van der Waals surface area contributed by atoms with Crippen LogP contribution in [0.25, 0.3) is 0 Å². The predicted octanol–water partition coefficient (Wildman–Crippen LogP) is 8.50. The molecular weight excluding hydrogens is 801 g/mol. The number of unbranched alkanes of at least 4 members (excludes halogenated alkanes) is 6. The highest BCUT2D eigenvalue weighted by Crippen LogP contribution is 2.24. The number of methoxy groups -OCH3 is 4. The van der Waals surface area contributed by atoms with Gasteiger partial charge in [0.15, 0.2) is 0 Å². The molecule has 0 saturated carbocycles. The number of benzene rings is 3. The SMILES string of the molecule is C=CC(=O)OCCOC(=O)c1cc(OC)ccc1OC.C=CC=O.C=CC=O.COCCCCCCOc1ccc(C=O)cc1.COCCCCCCOc1ccc(C=O)cc1. The Hall–Kier alpha value is -6.38. The lowest BCUT2D eigenvalue weighted by molar-refractivity contribution is -0.138. The Balaban J connectivity index is 0. The normalized spacial score (nSPS) is 9.29. The van der Waals surface area contributed by atoms with Crippen molar-refractivity contribution in [3.63, 3.8) is 0 Å². The van der Waals surface area contributed by atoms with E-state index in [0.29, 0.717) is 35.2 Å². The van der Waals surface area contributed by atoms with Crippen LogP contribution < -0.4 is 18.9 Å². The predicted molar refractivity (Wildman–Crippen MR) is 239 cm³/mol. The van der Waals surface area contributed by atoms with Crippen molar-refractivity contribution < 1.29 is 66.7 Å². The fourth-order valence-corrected chi connectivity index (χ4v) is 4.46. The molecule has 3 aromatic rings. The summed E-state index contributed by atoms with van der Waals surface area (Å²) in [5.74, 6) is 1.38. The zero-order valence-corrected chi connectivity index (χ0v) is 36.6. The number of aldehydes is 4. The quantitative estimate of drug-likeness (QED) is 0.0308. The van der Waals surface area contributed by atoms with Crippen LogP contribution >= 0.6 is 0 Å². The monoisotopic (exact) mass is 864 g/mol. The van der Waals surface area contributed by atoms with Crippen LogP contribution in [0.1, 0.15) is 82.4 Å². The van der Waals surface area contributed by atoms with Crippen molar-refractivity contribution in [2.24, 2.45) is 0 Å². The molecule has 3 aromatic carbocycles. The van der Waals surface area contributed by atoms with Crippen LogP contribution in [0.3, 0.4) is 0 Å². The Kier molecular flexibility index (Phi) is 39.8. The van der Waals surface area contributed by atoms with Gasteiger partial charge < -0.3 is 37.9 Å². The second-order valence-corrected chi connectivity index (χ2v) is 12.2. The van der Waals surface area contributed by atoms with E-state index in [4.69, 9.17) is 42.7 Å². The Morgan fingerprint density at radius 2 is 0.903 bits per heavy atom. The summed E-state index contributed by atoms with van der Waals surface area (Å²) in [5.41, 5.74) is 1.59. The minimum Gasteiger partial charge on any atom is -0.497 e. The molecule has 0 heterocycles. The molecule has 0 aliphatic rings. The number of esters is 2. The summed E-state index contributed by atoms with van der Waals surface area (Å²) in [5, 5.41) is 0. The first-order valence-electron chi connectivity index (χ1n) is 19.8. The number of hydrogen-bond acceptors (Lipinski definition) is 14. The summed E-state index contributed by atoms with van der Waals surface area (Å²) >= 11 is 0. The van der Waals surface area contributed by atoms with Gasteiger partial charge in [-0.05, 0) is 117 Å². The highest BCUT2D eigenvalue weighted by molar-refractivity contribution is 5.93. The van der Waals surface area contributed by atoms with Crippen molar-refractivity contribution in [1.29, 1.82) is 0 Å². The molecule has 0 saturated heterocycles. The molecule has 340 valence electrons. The van der Waals surface area contributed by atoms with Gasteiger partial charge in [0.2, 0.25) is 0 Å². The summed E-state index contributed by atoms with van der Waals surface area (Å²) < 4.78 is 40.9. The van der Waals surface area contributed by atoms with Gasteiger partial charge in [-0.25, -0.2) is 9.59 Å². The first-order valence-corrected chi connectivity index (χ1v) is 19.8. The minimum atomic E-state index is -0.588. The van der Waals surface area contributed by atoms with Crippen LogP contribution in [-0.2, 0) is 33.3 Å². The van der Waals surface area contributed by atoms with Crippen molar-refractivity contribution in [3.05, 3.63) is 121 Å². The molecule has 0 radical (unpaired) electrons. The van der Waals surface area contributed by atoms with Gasteiger partial charge in [-0.3, -0.25) is 19.2 Å². The fourth-order valence-electron chi connectivity index (χ4n) is 4.46. The van der Waals surface area contributed by atoms with Crippen LogP contribution in [0.4, 0.5) is 0 Å². The highest BCUT2D eigenvalue weighted by atomic mass is 16.6. The average Bonchev–Trinajstić information content (AvgIpc) is 3.32. The zero-order valence-electron chi connectivity index (χ0n) is 36.6. The Morgan fingerprint density at radius 1 is 0.500 bits per heavy atom. The molecule has 0 unspecified atom stereocenters. The largest absolute Gasteiger partial charge is 0.497 e. The molecule has 0 aliphatic heterocycles. The molecule has 0 N–H and O–H groups in total. The molecular formula is C48H64O14. The maximum atomic E-state index is 11.9. The van der Waals surface area contributed by atoms with Gasteiger partial charge in [0, 0.05) is 44.6 Å². The van der Waals surface area contributed by atoms with E-state index < -0.39 is 11.9 Å². The van der Waals surface area contributed by atoms with E-state index in [1.54, 1.807) is 50.6 Å². The molecule has 14 nitrogen and oxygen atoms in total. The third-order valence-electron chi connectivity index (χ3n) is 7.60. The first kappa shape index (κ1) is 57.7. The van der Waals surface area contributed by atoms with Crippen LogP contribution in [-0.4, -0.2) is 105 Å². The summed E-state index contributed by atoms with van der Waals surface area (Å²) in [6.07, 6.45) is 15.4. The van der Waals surface area contributed by atoms with E-state index in [-0.39, 0.29) is 18.8 Å². The average molecular weight is 865 g/mol. The first-order chi connectivity index (χ1) is 30.2. The molecule has 0 spiro atoms. The van der Waals surface area contributed by atoms with Crippen molar-refractivity contribution in [2.75, 3.05) is 68.1 Å². The number of hydrogen-bond donors (Lipinski definition) is 0. The topological polar surface area (TPSA) is 176 Å². The number of ether oxygens (including phenoxy) is 8. The van der Waals surface area contributed by atoms with Gasteiger partial charge in [0.05, 0.1) is 27.4 Å². The van der Waals surface area contributed by atoms with E-state index in [0.717, 1.165) is 95.1 Å². The van der Waals surface area contributed by atoms with Crippen molar-refractivity contribution in [2.45, 2.75) is 51.4 Å². The third-order valence-corrected chi connectivity index (χ3v) is 7.60. The van der Waals surface area contributed by atoms with E-state index in [1.165, 1.54) is 45.3 Å². The smallest absolute Gasteiger partial charge is 0.342 e. The van der Waals surface area contributed by atoms with Crippen LogP contribution in [0.2, 0.25) is 0 Å². The standard InChI is InChI=1S/C14H16O6.2C14H20O3.2C3H4O/c1-4-13(15)19-7-8-20-14(16)11-9-10(17-2)5-6-12(11)18-3;2*1-16-10-4-2-3-5-11-17-14-8-6-13(12-15)7-9-14;2*1-2-3-4/h4-6,9H,1,7-8H2,2-3H3;2*6-9,12H,2-5,10-11H2,1H3;2*2-3H,1H2. The van der Waals surface area contributed by atoms with Crippen molar-refractivity contribution >= 4 is 37.1 Å². The summed E-state index contributed by atoms with van der Waals surface area (Å²) in [7, 11) is 6.40. The summed E-state index contributed by atoms with van der Waals surface area (Å²) in [6.45, 7) is 12.5. The Labute approximate surface area is 366 Å². The van der Waals surface area contributed by atoms with Gasteiger partial charge in [-0.2, -0.15) is 0 Å². The van der Waals surface area contributed by atoms with Crippen LogP contribution in [0.5, 0.6) is 23.0 Å². The third kappa shape index (κ3) is 32.5. The molecule has 0 aromatic heterocycles. The maximum absolute atomic E-state index is 11.9. The lowest BCUT2D eigenvalue weighted by Gasteiger charge is -2.10. The molecule has 0 fully saturated rings. The number of allylic oxidation sites excluding steroid dienone is 2. The summed E-state index contributed by atoms with van der Waals surface area (Å²) in [6, 6.07) is 19.2. The number of rotatable bonds is 27. The van der Waals surface area contributed by atoms with Gasteiger partial charge in [0.25, 0.3) is 0 Å². The van der Waals surface area contributed by atoms with Crippen LogP contribution in [0.15, 0.2) is 105 Å². The Morgan fingerprint density at radius 3 is 1.26 bits per heavy atom. The zero-order chi connectivity index (χ0) is 46.5. The second kappa shape index (κ2) is 42.7. The van der Waals surface area contributed by atoms with Crippen molar-refractivity contribution in [3.8, 4) is 23.0 Å². The molecule has 3 rings (SSSR count).